The molecule has 1 aromatic carbocycles. The summed E-state index contributed by atoms with van der Waals surface area (Å²) in [7, 11) is 3.04. The van der Waals surface area contributed by atoms with Gasteiger partial charge in [-0.3, -0.25) is 15.1 Å². The summed E-state index contributed by atoms with van der Waals surface area (Å²) in [6.45, 7) is 8.45. The zero-order valence-electron chi connectivity index (χ0n) is 20.0. The molecule has 0 radical (unpaired) electrons. The number of nitro groups is 1. The molecule has 10 nitrogen and oxygen atoms in total. The topological polar surface area (TPSA) is 124 Å². The van der Waals surface area contributed by atoms with Gasteiger partial charge in [0.1, 0.15) is 5.60 Å². The maximum Gasteiger partial charge on any atom is 0.410 e. The third-order valence-corrected chi connectivity index (χ3v) is 6.12. The molecule has 180 valence electrons. The number of nitro benzene ring substituents is 1. The molecule has 2 heterocycles. The van der Waals surface area contributed by atoms with Crippen molar-refractivity contribution >= 4 is 29.3 Å². The highest BCUT2D eigenvalue weighted by molar-refractivity contribution is 6.12. The fourth-order valence-electron chi connectivity index (χ4n) is 4.46. The van der Waals surface area contributed by atoms with E-state index in [0.29, 0.717) is 24.2 Å². The Balaban J connectivity index is 1.80. The molecule has 1 amide bonds. The van der Waals surface area contributed by atoms with Gasteiger partial charge in [-0.1, -0.05) is 0 Å². The Hall–Kier alpha value is -3.30. The van der Waals surface area contributed by atoms with Crippen LogP contribution in [-0.4, -0.2) is 68.1 Å². The first kappa shape index (κ1) is 24.3. The number of carbonyl (C=O) groups excluding carboxylic acids is 1. The van der Waals surface area contributed by atoms with Crippen molar-refractivity contribution in [2.45, 2.75) is 39.2 Å². The van der Waals surface area contributed by atoms with Crippen LogP contribution in [0.1, 0.15) is 39.2 Å². The van der Waals surface area contributed by atoms with E-state index in [-0.39, 0.29) is 22.9 Å². The number of methoxy groups -OCH3 is 1. The fraction of sp³-hybridized carbons (Fsp3) is 0.565. The average Bonchev–Trinajstić information content (AvgIpc) is 2.73. The van der Waals surface area contributed by atoms with Crippen LogP contribution < -0.4 is 15.4 Å². The third kappa shape index (κ3) is 5.20. The van der Waals surface area contributed by atoms with Crippen LogP contribution in [0.4, 0.5) is 16.2 Å². The molecule has 2 saturated heterocycles. The van der Waals surface area contributed by atoms with Gasteiger partial charge in [0.05, 0.1) is 12.0 Å². The second-order valence-electron chi connectivity index (χ2n) is 9.63. The van der Waals surface area contributed by atoms with E-state index < -0.39 is 10.5 Å². The first-order valence-electron chi connectivity index (χ1n) is 11.0. The van der Waals surface area contributed by atoms with E-state index >= 15 is 0 Å². The van der Waals surface area contributed by atoms with Gasteiger partial charge in [0.25, 0.3) is 0 Å². The largest absolute Gasteiger partial charge is 0.490 e. The van der Waals surface area contributed by atoms with E-state index in [1.807, 2.05) is 20.8 Å². The number of aliphatic imine (C=N–C) groups is 1. The third-order valence-electron chi connectivity index (χ3n) is 6.12. The standard InChI is InChI=1S/C23H33N5O5/c1-22(2,3)33-21(29)27-14-23(15-27)6-8-26(9-7-23)18-11-20(32-5)19(28(30)31)10-17(18)16(12-24)13-25-4/h10-13H,6-9,14-15,24H2,1-5H3/b16-12+,25-13?. The number of anilines is 1. The molecule has 0 aliphatic carbocycles. The lowest BCUT2D eigenvalue weighted by Gasteiger charge is -2.54. The molecule has 0 bridgehead atoms. The molecule has 0 aromatic heterocycles. The predicted octanol–water partition coefficient (Wildman–Crippen LogP) is 3.44. The zero-order chi connectivity index (χ0) is 24.4. The van der Waals surface area contributed by atoms with Crippen molar-refractivity contribution in [1.82, 2.24) is 4.90 Å². The van der Waals surface area contributed by atoms with Gasteiger partial charge in [0.2, 0.25) is 0 Å². The van der Waals surface area contributed by atoms with E-state index in [9.17, 15) is 14.9 Å². The van der Waals surface area contributed by atoms with Crippen LogP contribution in [0, 0.1) is 15.5 Å². The lowest BCUT2D eigenvalue weighted by atomic mass is 9.72. The smallest absolute Gasteiger partial charge is 0.410 e. The Morgan fingerprint density at radius 3 is 2.39 bits per heavy atom. The predicted molar refractivity (Wildman–Crippen MR) is 128 cm³/mol. The van der Waals surface area contributed by atoms with Gasteiger partial charge in [-0.2, -0.15) is 0 Å². The number of allylic oxidation sites excluding steroid dienone is 1. The lowest BCUT2D eigenvalue weighted by molar-refractivity contribution is -0.385. The van der Waals surface area contributed by atoms with Crippen LogP contribution in [0.5, 0.6) is 5.75 Å². The molecule has 2 aliphatic heterocycles. The summed E-state index contributed by atoms with van der Waals surface area (Å²) >= 11 is 0. The van der Waals surface area contributed by atoms with Crippen LogP contribution in [0.3, 0.4) is 0 Å². The molecule has 33 heavy (non-hydrogen) atoms. The van der Waals surface area contributed by atoms with Crippen molar-refractivity contribution in [3.05, 3.63) is 34.0 Å². The van der Waals surface area contributed by atoms with Gasteiger partial charge in [0, 0.05) is 80.0 Å². The number of amides is 1. The number of likely N-dealkylation sites (tertiary alicyclic amines) is 1. The van der Waals surface area contributed by atoms with Crippen molar-refractivity contribution in [2.24, 2.45) is 16.1 Å². The number of hydrogen-bond acceptors (Lipinski definition) is 8. The van der Waals surface area contributed by atoms with Crippen LogP contribution in [0.2, 0.25) is 0 Å². The summed E-state index contributed by atoms with van der Waals surface area (Å²) in [6, 6.07) is 3.19. The minimum atomic E-state index is -0.509. The number of ether oxygens (including phenoxy) is 2. The van der Waals surface area contributed by atoms with E-state index in [1.54, 1.807) is 24.2 Å². The Kier molecular flexibility index (Phi) is 6.85. The molecular formula is C23H33N5O5. The highest BCUT2D eigenvalue weighted by Crippen LogP contribution is 2.44. The van der Waals surface area contributed by atoms with Crippen molar-refractivity contribution in [3.63, 3.8) is 0 Å². The maximum absolute atomic E-state index is 12.3. The minimum absolute atomic E-state index is 0.0792. The molecule has 3 rings (SSSR count). The summed E-state index contributed by atoms with van der Waals surface area (Å²) in [4.78, 5) is 31.4. The molecule has 0 saturated carbocycles. The number of piperidine rings is 1. The molecule has 1 spiro atoms. The van der Waals surface area contributed by atoms with Crippen LogP contribution >= 0.6 is 0 Å². The molecule has 0 atom stereocenters. The Morgan fingerprint density at radius 1 is 1.27 bits per heavy atom. The van der Waals surface area contributed by atoms with Gasteiger partial charge < -0.3 is 25.0 Å². The number of nitrogens with zero attached hydrogens (tertiary/aromatic N) is 4. The molecule has 2 fully saturated rings. The zero-order valence-corrected chi connectivity index (χ0v) is 20.0. The molecule has 2 aliphatic rings. The monoisotopic (exact) mass is 459 g/mol. The Bertz CT molecular complexity index is 966. The highest BCUT2D eigenvalue weighted by Gasteiger charge is 2.48. The van der Waals surface area contributed by atoms with Gasteiger partial charge >= 0.3 is 11.8 Å². The first-order chi connectivity index (χ1) is 15.5. The van der Waals surface area contributed by atoms with Gasteiger partial charge in [-0.25, -0.2) is 4.79 Å². The number of benzene rings is 1. The summed E-state index contributed by atoms with van der Waals surface area (Å²) in [5.74, 6) is 0.198. The highest BCUT2D eigenvalue weighted by atomic mass is 16.6. The van der Waals surface area contributed by atoms with E-state index in [4.69, 9.17) is 15.2 Å². The van der Waals surface area contributed by atoms with Crippen molar-refractivity contribution in [1.29, 1.82) is 0 Å². The minimum Gasteiger partial charge on any atom is -0.490 e. The van der Waals surface area contributed by atoms with Gasteiger partial charge in [0.15, 0.2) is 5.75 Å². The number of rotatable bonds is 5. The van der Waals surface area contributed by atoms with E-state index in [2.05, 4.69) is 9.89 Å². The average molecular weight is 460 g/mol. The van der Waals surface area contributed by atoms with Crippen molar-refractivity contribution in [3.8, 4) is 5.75 Å². The van der Waals surface area contributed by atoms with Crippen LogP contribution in [0.25, 0.3) is 5.57 Å². The van der Waals surface area contributed by atoms with Crippen molar-refractivity contribution in [2.75, 3.05) is 45.2 Å². The Morgan fingerprint density at radius 2 is 1.91 bits per heavy atom. The number of nitrogens with two attached hydrogens (primary N) is 1. The molecule has 2 N–H and O–H groups in total. The molecule has 0 unspecified atom stereocenters. The summed E-state index contributed by atoms with van der Waals surface area (Å²) < 4.78 is 10.8. The molecule has 10 heteroatoms. The first-order valence-corrected chi connectivity index (χ1v) is 11.0. The SMILES string of the molecule is CN=C/C(=C\N)c1cc([N+](=O)[O-])c(OC)cc1N1CCC2(CC1)CN(C(=O)OC(C)(C)C)C2. The second kappa shape index (κ2) is 9.29. The molecule has 1 aromatic rings. The maximum atomic E-state index is 12.3. The van der Waals surface area contributed by atoms with Gasteiger partial charge in [-0.05, 0) is 33.6 Å². The Labute approximate surface area is 194 Å². The van der Waals surface area contributed by atoms with E-state index in [0.717, 1.165) is 31.6 Å². The summed E-state index contributed by atoms with van der Waals surface area (Å²) in [5.41, 5.74) is 7.31. The second-order valence-corrected chi connectivity index (χ2v) is 9.63. The molecular weight excluding hydrogens is 426 g/mol. The number of carbonyl (C=O) groups is 1. The van der Waals surface area contributed by atoms with Crippen LogP contribution in [0.15, 0.2) is 23.3 Å². The van der Waals surface area contributed by atoms with Crippen molar-refractivity contribution < 1.29 is 19.2 Å². The fourth-order valence-corrected chi connectivity index (χ4v) is 4.46. The summed E-state index contributed by atoms with van der Waals surface area (Å²) in [5, 5.41) is 11.6. The number of hydrogen-bond donors (Lipinski definition) is 1. The van der Waals surface area contributed by atoms with Crippen LogP contribution in [-0.2, 0) is 4.74 Å². The normalized spacial score (nSPS) is 18.4. The quantitative estimate of drug-likeness (QED) is 0.406. The van der Waals surface area contributed by atoms with E-state index in [1.165, 1.54) is 19.4 Å². The van der Waals surface area contributed by atoms with Gasteiger partial charge in [-0.15, -0.1) is 0 Å². The summed E-state index contributed by atoms with van der Waals surface area (Å²) in [6.07, 6.45) is 4.52. The lowest BCUT2D eigenvalue weighted by Crippen LogP contribution is -2.62.